The molecular formula is C27H30N4O5. The van der Waals surface area contributed by atoms with Gasteiger partial charge in [0.15, 0.2) is 0 Å². The molecule has 2 heterocycles. The Hall–Kier alpha value is -4.11. The minimum Gasteiger partial charge on any atom is -0.491 e. The molecule has 1 aliphatic rings. The third-order valence-corrected chi connectivity index (χ3v) is 5.65. The zero-order chi connectivity index (χ0) is 25.7. The van der Waals surface area contributed by atoms with E-state index in [4.69, 9.17) is 19.3 Å². The van der Waals surface area contributed by atoms with Gasteiger partial charge in [0.25, 0.3) is 0 Å². The highest BCUT2D eigenvalue weighted by Gasteiger charge is 2.41. The minimum atomic E-state index is -0.865. The number of hydrogen-bond donors (Lipinski definition) is 2. The number of hydrogen-bond acceptors (Lipinski definition) is 6. The van der Waals surface area contributed by atoms with Gasteiger partial charge in [0.05, 0.1) is 30.1 Å². The first-order valence-corrected chi connectivity index (χ1v) is 11.7. The number of urea groups is 1. The molecule has 36 heavy (non-hydrogen) atoms. The molecule has 0 radical (unpaired) electrons. The quantitative estimate of drug-likeness (QED) is 0.347. The van der Waals surface area contributed by atoms with Crippen molar-refractivity contribution in [2.45, 2.75) is 26.0 Å². The summed E-state index contributed by atoms with van der Waals surface area (Å²) in [6.45, 7) is 8.21. The normalized spacial score (nSPS) is 17.4. The maximum absolute atomic E-state index is 13.1. The molecule has 1 saturated heterocycles. The van der Waals surface area contributed by atoms with Crippen LogP contribution in [0.4, 0.5) is 4.79 Å². The summed E-state index contributed by atoms with van der Waals surface area (Å²) in [5.74, 6) is -0.648. The maximum Gasteiger partial charge on any atom is 0.319 e. The van der Waals surface area contributed by atoms with Crippen LogP contribution in [0.15, 0.2) is 73.1 Å². The van der Waals surface area contributed by atoms with E-state index in [0.717, 1.165) is 17.0 Å². The van der Waals surface area contributed by atoms with Crippen LogP contribution in [-0.4, -0.2) is 48.2 Å². The van der Waals surface area contributed by atoms with E-state index in [1.165, 1.54) is 7.11 Å². The van der Waals surface area contributed by atoms with E-state index in [9.17, 15) is 9.59 Å². The van der Waals surface area contributed by atoms with E-state index in [1.807, 2.05) is 74.6 Å². The highest BCUT2D eigenvalue weighted by Crippen LogP contribution is 2.37. The van der Waals surface area contributed by atoms with Crippen molar-refractivity contribution in [1.29, 1.82) is 0 Å². The first kappa shape index (κ1) is 25.0. The Morgan fingerprint density at radius 3 is 2.50 bits per heavy atom. The van der Waals surface area contributed by atoms with E-state index >= 15 is 0 Å². The minimum absolute atomic E-state index is 0.0459. The second kappa shape index (κ2) is 11.1. The molecule has 2 aromatic carbocycles. The average Bonchev–Trinajstić information content (AvgIpc) is 3.30. The molecular weight excluding hydrogens is 460 g/mol. The summed E-state index contributed by atoms with van der Waals surface area (Å²) >= 11 is 0. The molecule has 0 unspecified atom stereocenters. The van der Waals surface area contributed by atoms with Gasteiger partial charge in [-0.15, -0.1) is 0 Å². The van der Waals surface area contributed by atoms with Gasteiger partial charge < -0.3 is 24.8 Å². The number of carbonyl (C=O) groups is 2. The van der Waals surface area contributed by atoms with Crippen molar-refractivity contribution in [3.05, 3.63) is 78.6 Å². The van der Waals surface area contributed by atoms with Gasteiger partial charge in [-0.1, -0.05) is 24.8 Å². The first-order valence-electron chi connectivity index (χ1n) is 11.7. The van der Waals surface area contributed by atoms with E-state index < -0.39 is 24.0 Å². The summed E-state index contributed by atoms with van der Waals surface area (Å²) in [5.41, 5.74) is 3.17. The highest BCUT2D eigenvalue weighted by atomic mass is 16.6. The molecule has 188 valence electrons. The molecule has 9 heteroatoms. The van der Waals surface area contributed by atoms with Crippen LogP contribution < -0.4 is 15.4 Å². The van der Waals surface area contributed by atoms with Gasteiger partial charge in [0.1, 0.15) is 18.3 Å². The Bertz CT molecular complexity index is 1220. The van der Waals surface area contributed by atoms with Crippen LogP contribution in [0.25, 0.3) is 16.9 Å². The number of benzene rings is 2. The molecule has 1 fully saturated rings. The molecule has 3 aromatic rings. The molecule has 0 aliphatic carbocycles. The van der Waals surface area contributed by atoms with Crippen molar-refractivity contribution in [2.75, 3.05) is 20.3 Å². The van der Waals surface area contributed by atoms with Gasteiger partial charge >= 0.3 is 12.0 Å². The Labute approximate surface area is 210 Å². The molecule has 2 N–H and O–H groups in total. The number of carbonyl (C=O) groups excluding carboxylic acids is 2. The molecule has 2 amide bonds. The fraction of sp³-hybridized carbons (Fsp3) is 0.296. The van der Waals surface area contributed by atoms with Crippen molar-refractivity contribution < 1.29 is 23.8 Å². The molecule has 0 saturated carbocycles. The summed E-state index contributed by atoms with van der Waals surface area (Å²) in [5, 5.41) is 10.3. The van der Waals surface area contributed by atoms with Crippen LogP contribution in [-0.2, 0) is 14.3 Å². The number of esters is 1. The summed E-state index contributed by atoms with van der Waals surface area (Å²) in [6, 6.07) is 16.0. The average molecular weight is 491 g/mol. The standard InChI is InChI=1S/C27H30N4O5/c1-17(2)36-21-12-10-19(11-13-21)24-22(16-31(30-24)20-8-6-5-7-9-20)25-23(18(3)28-27(33)29-25)26(32)35-15-14-34-4/h5-13,16-17,23,25H,3,14-15H2,1-2,4H3,(H2,28,29,33)/t23-,25+/m0/s1. The zero-order valence-corrected chi connectivity index (χ0v) is 20.6. The number of rotatable bonds is 9. The Balaban J connectivity index is 1.78. The summed E-state index contributed by atoms with van der Waals surface area (Å²) < 4.78 is 17.9. The number of ether oxygens (including phenoxy) is 3. The monoisotopic (exact) mass is 490 g/mol. The predicted molar refractivity (Wildman–Crippen MR) is 135 cm³/mol. The number of aromatic nitrogens is 2. The molecule has 4 rings (SSSR count). The second-order valence-corrected chi connectivity index (χ2v) is 8.64. The van der Waals surface area contributed by atoms with Crippen molar-refractivity contribution in [2.24, 2.45) is 5.92 Å². The van der Waals surface area contributed by atoms with Gasteiger partial charge in [-0.3, -0.25) is 4.79 Å². The lowest BCUT2D eigenvalue weighted by atomic mass is 9.88. The van der Waals surface area contributed by atoms with Gasteiger partial charge in [-0.2, -0.15) is 5.10 Å². The Morgan fingerprint density at radius 1 is 1.11 bits per heavy atom. The third-order valence-electron chi connectivity index (χ3n) is 5.65. The van der Waals surface area contributed by atoms with Crippen molar-refractivity contribution in [3.63, 3.8) is 0 Å². The van der Waals surface area contributed by atoms with Gasteiger partial charge in [0, 0.05) is 30.1 Å². The van der Waals surface area contributed by atoms with Crippen LogP contribution in [0.1, 0.15) is 25.5 Å². The van der Waals surface area contributed by atoms with Crippen LogP contribution in [0.5, 0.6) is 5.75 Å². The molecule has 1 aliphatic heterocycles. The van der Waals surface area contributed by atoms with Crippen molar-refractivity contribution in [1.82, 2.24) is 20.4 Å². The lowest BCUT2D eigenvalue weighted by Crippen LogP contribution is -2.51. The second-order valence-electron chi connectivity index (χ2n) is 8.64. The van der Waals surface area contributed by atoms with E-state index in [1.54, 1.807) is 4.68 Å². The number of nitrogens with zero attached hydrogens (tertiary/aromatic N) is 2. The summed E-state index contributed by atoms with van der Waals surface area (Å²) in [7, 11) is 1.53. The lowest BCUT2D eigenvalue weighted by Gasteiger charge is -2.33. The molecule has 0 spiro atoms. The smallest absolute Gasteiger partial charge is 0.319 e. The van der Waals surface area contributed by atoms with Gasteiger partial charge in [0.2, 0.25) is 0 Å². The summed E-state index contributed by atoms with van der Waals surface area (Å²) in [6.07, 6.45) is 1.87. The fourth-order valence-electron chi connectivity index (χ4n) is 4.05. The fourth-order valence-corrected chi connectivity index (χ4v) is 4.05. The maximum atomic E-state index is 13.1. The first-order chi connectivity index (χ1) is 17.4. The number of para-hydroxylation sites is 1. The molecule has 0 bridgehead atoms. The number of amides is 2. The van der Waals surface area contributed by atoms with Crippen LogP contribution >= 0.6 is 0 Å². The third kappa shape index (κ3) is 5.58. The van der Waals surface area contributed by atoms with Crippen LogP contribution in [0, 0.1) is 5.92 Å². The van der Waals surface area contributed by atoms with E-state index in [-0.39, 0.29) is 25.0 Å². The zero-order valence-electron chi connectivity index (χ0n) is 20.6. The molecule has 2 atom stereocenters. The van der Waals surface area contributed by atoms with Gasteiger partial charge in [-0.05, 0) is 50.2 Å². The van der Waals surface area contributed by atoms with Crippen molar-refractivity contribution in [3.8, 4) is 22.7 Å². The lowest BCUT2D eigenvalue weighted by molar-refractivity contribution is -0.149. The largest absolute Gasteiger partial charge is 0.491 e. The topological polar surface area (TPSA) is 104 Å². The van der Waals surface area contributed by atoms with Gasteiger partial charge in [-0.25, -0.2) is 9.48 Å². The SMILES string of the molecule is C=C1NC(=O)N[C@H](c2cn(-c3ccccc3)nc2-c2ccc(OC(C)C)cc2)[C@H]1C(=O)OCCOC. The Kier molecular flexibility index (Phi) is 7.70. The molecule has 1 aromatic heterocycles. The van der Waals surface area contributed by atoms with Crippen LogP contribution in [0.2, 0.25) is 0 Å². The van der Waals surface area contributed by atoms with E-state index in [0.29, 0.717) is 11.3 Å². The number of methoxy groups -OCH3 is 1. The summed E-state index contributed by atoms with van der Waals surface area (Å²) in [4.78, 5) is 25.5. The number of nitrogens with one attached hydrogen (secondary N) is 2. The Morgan fingerprint density at radius 2 is 1.83 bits per heavy atom. The highest BCUT2D eigenvalue weighted by molar-refractivity contribution is 5.86. The molecule has 9 nitrogen and oxygen atoms in total. The van der Waals surface area contributed by atoms with Crippen LogP contribution in [0.3, 0.4) is 0 Å². The predicted octanol–water partition coefficient (Wildman–Crippen LogP) is 4.00. The van der Waals surface area contributed by atoms with Crippen molar-refractivity contribution >= 4 is 12.0 Å². The van der Waals surface area contributed by atoms with E-state index in [2.05, 4.69) is 17.2 Å².